The number of carbonyl (C=O) groups is 1. The van der Waals surface area contributed by atoms with Crippen molar-refractivity contribution in [1.29, 1.82) is 0 Å². The van der Waals surface area contributed by atoms with Crippen LogP contribution in [-0.2, 0) is 4.79 Å². The predicted molar refractivity (Wildman–Crippen MR) is 81.3 cm³/mol. The molecule has 2 N–H and O–H groups in total. The molecule has 0 unspecified atom stereocenters. The summed E-state index contributed by atoms with van der Waals surface area (Å²) in [4.78, 5) is 11.8. The van der Waals surface area contributed by atoms with Crippen molar-refractivity contribution < 1.29 is 13.9 Å². The summed E-state index contributed by atoms with van der Waals surface area (Å²) >= 11 is 0. The van der Waals surface area contributed by atoms with Gasteiger partial charge in [0.1, 0.15) is 11.6 Å². The molecule has 5 heteroatoms. The molecule has 0 spiro atoms. The normalized spacial score (nSPS) is 10.0. The zero-order chi connectivity index (χ0) is 15.2. The highest BCUT2D eigenvalue weighted by Gasteiger charge is 2.06. The van der Waals surface area contributed by atoms with Crippen LogP contribution >= 0.6 is 0 Å². The first-order valence-corrected chi connectivity index (χ1v) is 6.53. The van der Waals surface area contributed by atoms with Crippen LogP contribution < -0.4 is 15.4 Å². The number of nitrogens with one attached hydrogen (secondary N) is 2. The van der Waals surface area contributed by atoms with Gasteiger partial charge in [-0.05, 0) is 43.3 Å². The van der Waals surface area contributed by atoms with Gasteiger partial charge >= 0.3 is 0 Å². The van der Waals surface area contributed by atoms with Gasteiger partial charge in [-0.3, -0.25) is 4.79 Å². The molecule has 0 heterocycles. The Kier molecular flexibility index (Phi) is 4.77. The van der Waals surface area contributed by atoms with Crippen LogP contribution in [0.1, 0.15) is 5.56 Å². The van der Waals surface area contributed by atoms with Crippen LogP contribution in [0.25, 0.3) is 0 Å². The van der Waals surface area contributed by atoms with E-state index in [1.165, 1.54) is 6.07 Å². The number of ether oxygens (including phenoxy) is 1. The lowest BCUT2D eigenvalue weighted by Gasteiger charge is -2.10. The number of hydrogen-bond donors (Lipinski definition) is 2. The van der Waals surface area contributed by atoms with Crippen LogP contribution in [0.15, 0.2) is 42.5 Å². The molecule has 0 radical (unpaired) electrons. The zero-order valence-electron chi connectivity index (χ0n) is 11.9. The Bertz CT molecular complexity index is 627. The SMILES string of the molecule is COc1ccc(NC(=O)CNc2cccc(F)c2C)cc1. The number of amides is 1. The third-order valence-corrected chi connectivity index (χ3v) is 3.08. The smallest absolute Gasteiger partial charge is 0.243 e. The highest BCUT2D eigenvalue weighted by atomic mass is 19.1. The first-order chi connectivity index (χ1) is 10.1. The molecule has 0 saturated carbocycles. The quantitative estimate of drug-likeness (QED) is 0.888. The highest BCUT2D eigenvalue weighted by molar-refractivity contribution is 5.93. The maximum atomic E-state index is 13.4. The van der Waals surface area contributed by atoms with Crippen molar-refractivity contribution in [3.63, 3.8) is 0 Å². The van der Waals surface area contributed by atoms with Crippen LogP contribution in [-0.4, -0.2) is 19.6 Å². The number of methoxy groups -OCH3 is 1. The molecule has 0 bridgehead atoms. The van der Waals surface area contributed by atoms with Crippen LogP contribution in [0.3, 0.4) is 0 Å². The minimum atomic E-state index is -0.296. The molecule has 0 aliphatic heterocycles. The van der Waals surface area contributed by atoms with Crippen molar-refractivity contribution in [3.8, 4) is 5.75 Å². The second-order valence-electron chi connectivity index (χ2n) is 4.54. The predicted octanol–water partition coefficient (Wildman–Crippen LogP) is 3.19. The number of anilines is 2. The fourth-order valence-electron chi connectivity index (χ4n) is 1.85. The van der Waals surface area contributed by atoms with Crippen molar-refractivity contribution in [2.75, 3.05) is 24.3 Å². The van der Waals surface area contributed by atoms with E-state index in [9.17, 15) is 9.18 Å². The lowest BCUT2D eigenvalue weighted by Crippen LogP contribution is -2.22. The summed E-state index contributed by atoms with van der Waals surface area (Å²) in [7, 11) is 1.58. The molecule has 1 amide bonds. The Labute approximate surface area is 122 Å². The minimum absolute atomic E-state index is 0.0658. The second-order valence-corrected chi connectivity index (χ2v) is 4.54. The minimum Gasteiger partial charge on any atom is -0.497 e. The lowest BCUT2D eigenvalue weighted by atomic mass is 10.2. The molecule has 0 atom stereocenters. The van der Waals surface area contributed by atoms with E-state index in [1.54, 1.807) is 50.4 Å². The maximum absolute atomic E-state index is 13.4. The number of carbonyl (C=O) groups excluding carboxylic acids is 1. The van der Waals surface area contributed by atoms with Crippen molar-refractivity contribution in [2.45, 2.75) is 6.92 Å². The molecular formula is C16H17FN2O2. The van der Waals surface area contributed by atoms with Crippen molar-refractivity contribution in [1.82, 2.24) is 0 Å². The van der Waals surface area contributed by atoms with Crippen molar-refractivity contribution >= 4 is 17.3 Å². The van der Waals surface area contributed by atoms with Gasteiger partial charge in [0, 0.05) is 16.9 Å². The van der Waals surface area contributed by atoms with E-state index in [0.717, 1.165) is 5.75 Å². The third-order valence-electron chi connectivity index (χ3n) is 3.08. The monoisotopic (exact) mass is 288 g/mol. The van der Waals surface area contributed by atoms with Gasteiger partial charge < -0.3 is 15.4 Å². The Morgan fingerprint density at radius 3 is 2.57 bits per heavy atom. The van der Waals surface area contributed by atoms with E-state index in [-0.39, 0.29) is 18.3 Å². The van der Waals surface area contributed by atoms with Crippen LogP contribution in [0.5, 0.6) is 5.75 Å². The number of benzene rings is 2. The van der Waals surface area contributed by atoms with Gasteiger partial charge in [0.05, 0.1) is 13.7 Å². The Balaban J connectivity index is 1.91. The molecule has 2 rings (SSSR count). The Morgan fingerprint density at radius 1 is 1.19 bits per heavy atom. The standard InChI is InChI=1S/C16H17FN2O2/c1-11-14(17)4-3-5-15(11)18-10-16(20)19-12-6-8-13(21-2)9-7-12/h3-9,18H,10H2,1-2H3,(H,19,20). The summed E-state index contributed by atoms with van der Waals surface area (Å²) in [6.07, 6.45) is 0. The van der Waals surface area contributed by atoms with Gasteiger partial charge in [-0.25, -0.2) is 4.39 Å². The van der Waals surface area contributed by atoms with Gasteiger partial charge in [0.2, 0.25) is 5.91 Å². The second kappa shape index (κ2) is 6.74. The summed E-state index contributed by atoms with van der Waals surface area (Å²) in [5.74, 6) is 0.223. The van der Waals surface area contributed by atoms with Crippen LogP contribution in [0, 0.1) is 12.7 Å². The summed E-state index contributed by atoms with van der Waals surface area (Å²) < 4.78 is 18.4. The number of rotatable bonds is 5. The van der Waals surface area contributed by atoms with E-state index >= 15 is 0 Å². The Morgan fingerprint density at radius 2 is 1.90 bits per heavy atom. The maximum Gasteiger partial charge on any atom is 0.243 e. The first kappa shape index (κ1) is 14.8. The zero-order valence-corrected chi connectivity index (χ0v) is 11.9. The summed E-state index contributed by atoms with van der Waals surface area (Å²) in [5.41, 5.74) is 1.79. The third kappa shape index (κ3) is 3.95. The lowest BCUT2D eigenvalue weighted by molar-refractivity contribution is -0.114. The molecule has 2 aromatic rings. The Hall–Kier alpha value is -2.56. The molecule has 110 valence electrons. The topological polar surface area (TPSA) is 50.4 Å². The molecule has 0 fully saturated rings. The molecule has 0 aliphatic rings. The van der Waals surface area contributed by atoms with Gasteiger partial charge in [-0.1, -0.05) is 6.07 Å². The van der Waals surface area contributed by atoms with E-state index in [2.05, 4.69) is 10.6 Å². The van der Waals surface area contributed by atoms with Gasteiger partial charge in [-0.15, -0.1) is 0 Å². The molecule has 0 aromatic heterocycles. The average molecular weight is 288 g/mol. The fourth-order valence-corrected chi connectivity index (χ4v) is 1.85. The summed E-state index contributed by atoms with van der Waals surface area (Å²) in [6.45, 7) is 1.73. The van der Waals surface area contributed by atoms with Crippen LogP contribution in [0.2, 0.25) is 0 Å². The average Bonchev–Trinajstić information content (AvgIpc) is 2.49. The molecule has 0 saturated heterocycles. The van der Waals surface area contributed by atoms with E-state index in [1.807, 2.05) is 0 Å². The molecule has 21 heavy (non-hydrogen) atoms. The van der Waals surface area contributed by atoms with Crippen molar-refractivity contribution in [3.05, 3.63) is 53.8 Å². The molecular weight excluding hydrogens is 271 g/mol. The fraction of sp³-hybridized carbons (Fsp3) is 0.188. The summed E-state index contributed by atoms with van der Waals surface area (Å²) in [6, 6.07) is 11.8. The number of hydrogen-bond acceptors (Lipinski definition) is 3. The highest BCUT2D eigenvalue weighted by Crippen LogP contribution is 2.17. The van der Waals surface area contributed by atoms with E-state index < -0.39 is 0 Å². The van der Waals surface area contributed by atoms with E-state index in [0.29, 0.717) is 16.9 Å². The largest absolute Gasteiger partial charge is 0.497 e. The number of halogens is 1. The molecule has 0 aliphatic carbocycles. The summed E-state index contributed by atoms with van der Waals surface area (Å²) in [5, 5.41) is 5.67. The van der Waals surface area contributed by atoms with Crippen LogP contribution in [0.4, 0.5) is 15.8 Å². The molecule has 2 aromatic carbocycles. The van der Waals surface area contributed by atoms with Gasteiger partial charge in [-0.2, -0.15) is 0 Å². The van der Waals surface area contributed by atoms with E-state index in [4.69, 9.17) is 4.74 Å². The van der Waals surface area contributed by atoms with Gasteiger partial charge in [0.15, 0.2) is 0 Å². The molecule has 4 nitrogen and oxygen atoms in total. The van der Waals surface area contributed by atoms with Crippen molar-refractivity contribution in [2.24, 2.45) is 0 Å². The first-order valence-electron chi connectivity index (χ1n) is 6.53. The van der Waals surface area contributed by atoms with Gasteiger partial charge in [0.25, 0.3) is 0 Å².